The maximum absolute atomic E-state index is 12.7. The van der Waals surface area contributed by atoms with Gasteiger partial charge in [-0.2, -0.15) is 13.2 Å². The summed E-state index contributed by atoms with van der Waals surface area (Å²) in [5.74, 6) is 0. The van der Waals surface area contributed by atoms with Crippen molar-refractivity contribution in [3.8, 4) is 0 Å². The Kier molecular flexibility index (Phi) is 5.68. The lowest BCUT2D eigenvalue weighted by atomic mass is 9.70. The molecule has 1 N–H and O–H groups in total. The highest BCUT2D eigenvalue weighted by atomic mass is 19.4. The number of halogens is 3. The van der Waals surface area contributed by atoms with Crippen molar-refractivity contribution in [1.82, 2.24) is 10.2 Å². The van der Waals surface area contributed by atoms with Crippen molar-refractivity contribution >= 4 is 0 Å². The van der Waals surface area contributed by atoms with E-state index in [4.69, 9.17) is 0 Å². The van der Waals surface area contributed by atoms with Gasteiger partial charge in [-0.25, -0.2) is 0 Å². The van der Waals surface area contributed by atoms with Crippen LogP contribution in [-0.4, -0.2) is 43.3 Å². The molecule has 2 atom stereocenters. The molecule has 0 aliphatic heterocycles. The highest BCUT2D eigenvalue weighted by molar-refractivity contribution is 4.97. The smallest absolute Gasteiger partial charge is 0.315 e. The number of nitrogens with zero attached hydrogens (tertiary/aromatic N) is 1. The van der Waals surface area contributed by atoms with E-state index in [2.05, 4.69) is 19.2 Å². The van der Waals surface area contributed by atoms with E-state index in [1.54, 1.807) is 4.90 Å². The number of nitrogens with one attached hydrogen (secondary N) is 1. The second-order valence-corrected chi connectivity index (χ2v) is 6.30. The first kappa shape index (κ1) is 16.8. The average molecular weight is 280 g/mol. The summed E-state index contributed by atoms with van der Waals surface area (Å²) in [6.45, 7) is 5.96. The summed E-state index contributed by atoms with van der Waals surface area (Å²) < 4.78 is 38.2. The Morgan fingerprint density at radius 2 is 1.95 bits per heavy atom. The molecule has 0 heterocycles. The Labute approximate surface area is 114 Å². The number of hydrogen-bond donors (Lipinski definition) is 1. The minimum Gasteiger partial charge on any atom is -0.315 e. The average Bonchev–Trinajstić information content (AvgIpc) is 2.25. The molecule has 0 aromatic carbocycles. The van der Waals surface area contributed by atoms with Gasteiger partial charge in [0.15, 0.2) is 0 Å². The third kappa shape index (κ3) is 4.63. The molecular weight excluding hydrogens is 253 g/mol. The number of alkyl halides is 3. The summed E-state index contributed by atoms with van der Waals surface area (Å²) in [7, 11) is 1.86. The monoisotopic (exact) mass is 280 g/mol. The number of rotatable bonds is 5. The van der Waals surface area contributed by atoms with Crippen molar-refractivity contribution in [3.63, 3.8) is 0 Å². The summed E-state index contributed by atoms with van der Waals surface area (Å²) in [5, 5.41) is 3.26. The molecule has 114 valence electrons. The highest BCUT2D eigenvalue weighted by Gasteiger charge is 2.43. The Bertz CT molecular complexity index is 276. The van der Waals surface area contributed by atoms with Crippen molar-refractivity contribution in [1.29, 1.82) is 0 Å². The van der Waals surface area contributed by atoms with Crippen LogP contribution < -0.4 is 5.32 Å². The normalized spacial score (nSPS) is 27.8. The lowest BCUT2D eigenvalue weighted by molar-refractivity contribution is -0.155. The van der Waals surface area contributed by atoms with Crippen molar-refractivity contribution < 1.29 is 13.2 Å². The predicted molar refractivity (Wildman–Crippen MR) is 72.2 cm³/mol. The van der Waals surface area contributed by atoms with Gasteiger partial charge in [-0.3, -0.25) is 4.90 Å². The van der Waals surface area contributed by atoms with Crippen LogP contribution in [0.3, 0.4) is 0 Å². The lowest BCUT2D eigenvalue weighted by Crippen LogP contribution is -2.59. The lowest BCUT2D eigenvalue weighted by Gasteiger charge is -2.48. The molecule has 2 unspecified atom stereocenters. The van der Waals surface area contributed by atoms with Crippen molar-refractivity contribution in [2.24, 2.45) is 5.41 Å². The van der Waals surface area contributed by atoms with E-state index in [0.29, 0.717) is 6.54 Å². The highest BCUT2D eigenvalue weighted by Crippen LogP contribution is 2.38. The Morgan fingerprint density at radius 1 is 1.32 bits per heavy atom. The van der Waals surface area contributed by atoms with Crippen LogP contribution in [0.25, 0.3) is 0 Å². The maximum atomic E-state index is 12.7. The number of hydrogen-bond acceptors (Lipinski definition) is 2. The molecule has 1 fully saturated rings. The second kappa shape index (κ2) is 6.44. The van der Waals surface area contributed by atoms with Gasteiger partial charge in [0.2, 0.25) is 0 Å². The largest absolute Gasteiger partial charge is 0.401 e. The van der Waals surface area contributed by atoms with Gasteiger partial charge in [0, 0.05) is 12.1 Å². The molecule has 0 aromatic rings. The molecule has 1 saturated carbocycles. The minimum atomic E-state index is -4.12. The van der Waals surface area contributed by atoms with Gasteiger partial charge >= 0.3 is 6.18 Å². The van der Waals surface area contributed by atoms with Crippen LogP contribution in [0.15, 0.2) is 0 Å². The van der Waals surface area contributed by atoms with Crippen LogP contribution in [0.2, 0.25) is 0 Å². The zero-order valence-electron chi connectivity index (χ0n) is 12.5. The van der Waals surface area contributed by atoms with Crippen molar-refractivity contribution in [2.75, 3.05) is 20.1 Å². The zero-order valence-corrected chi connectivity index (χ0v) is 12.5. The fourth-order valence-electron chi connectivity index (χ4n) is 3.47. The van der Waals surface area contributed by atoms with Gasteiger partial charge in [-0.15, -0.1) is 0 Å². The summed E-state index contributed by atoms with van der Waals surface area (Å²) >= 11 is 0. The van der Waals surface area contributed by atoms with Gasteiger partial charge in [0.1, 0.15) is 0 Å². The van der Waals surface area contributed by atoms with Gasteiger partial charge < -0.3 is 5.32 Å². The van der Waals surface area contributed by atoms with E-state index in [9.17, 15) is 13.2 Å². The van der Waals surface area contributed by atoms with E-state index < -0.39 is 12.7 Å². The van der Waals surface area contributed by atoms with Gasteiger partial charge in [-0.1, -0.05) is 27.2 Å². The molecule has 19 heavy (non-hydrogen) atoms. The molecule has 0 radical (unpaired) electrons. The van der Waals surface area contributed by atoms with Gasteiger partial charge in [0.05, 0.1) is 6.54 Å². The molecule has 1 aliphatic carbocycles. The molecule has 1 aliphatic rings. The molecule has 0 bridgehead atoms. The minimum absolute atomic E-state index is 0.0182. The van der Waals surface area contributed by atoms with E-state index in [1.807, 2.05) is 14.0 Å². The van der Waals surface area contributed by atoms with Crippen LogP contribution in [0.4, 0.5) is 13.2 Å². The van der Waals surface area contributed by atoms with Crippen molar-refractivity contribution in [3.05, 3.63) is 0 Å². The molecule has 1 rings (SSSR count). The van der Waals surface area contributed by atoms with Crippen LogP contribution >= 0.6 is 0 Å². The standard InChI is InChI=1S/C14H27F3N2/c1-5-9-19(10-14(15,16)17)11-7-6-8-13(2,3)12(11)18-4/h11-12,18H,5-10H2,1-4H3. The molecule has 0 amide bonds. The van der Waals surface area contributed by atoms with Crippen LogP contribution in [0, 0.1) is 5.41 Å². The Morgan fingerprint density at radius 3 is 2.42 bits per heavy atom. The van der Waals surface area contributed by atoms with E-state index in [-0.39, 0.29) is 17.5 Å². The van der Waals surface area contributed by atoms with Gasteiger partial charge in [0.25, 0.3) is 0 Å². The topological polar surface area (TPSA) is 15.3 Å². The summed E-state index contributed by atoms with van der Waals surface area (Å²) in [6.07, 6.45) is -0.432. The molecular formula is C14H27F3N2. The predicted octanol–water partition coefficient (Wildman–Crippen LogP) is 3.43. The second-order valence-electron chi connectivity index (χ2n) is 6.30. The van der Waals surface area contributed by atoms with E-state index >= 15 is 0 Å². The van der Waals surface area contributed by atoms with Crippen LogP contribution in [0.1, 0.15) is 46.5 Å². The molecule has 0 spiro atoms. The third-order valence-electron chi connectivity index (χ3n) is 4.22. The van der Waals surface area contributed by atoms with Crippen LogP contribution in [-0.2, 0) is 0 Å². The fourth-order valence-corrected chi connectivity index (χ4v) is 3.47. The molecule has 0 aromatic heterocycles. The summed E-state index contributed by atoms with van der Waals surface area (Å²) in [6, 6.07) is 0.102. The van der Waals surface area contributed by atoms with Gasteiger partial charge in [-0.05, 0) is 38.3 Å². The van der Waals surface area contributed by atoms with E-state index in [1.165, 1.54) is 0 Å². The molecule has 5 heteroatoms. The van der Waals surface area contributed by atoms with E-state index in [0.717, 1.165) is 25.7 Å². The Balaban J connectivity index is 2.86. The quantitative estimate of drug-likeness (QED) is 0.830. The SMILES string of the molecule is CCCN(CC(F)(F)F)C1CCCC(C)(C)C1NC. The first-order chi connectivity index (χ1) is 8.71. The molecule has 2 nitrogen and oxygen atoms in total. The Hall–Kier alpha value is -0.290. The summed E-state index contributed by atoms with van der Waals surface area (Å²) in [4.78, 5) is 1.63. The van der Waals surface area contributed by atoms with Crippen LogP contribution in [0.5, 0.6) is 0 Å². The fraction of sp³-hybridized carbons (Fsp3) is 1.00. The zero-order chi connectivity index (χ0) is 14.7. The summed E-state index contributed by atoms with van der Waals surface area (Å²) in [5.41, 5.74) is 0.0508. The van der Waals surface area contributed by atoms with Crippen molar-refractivity contribution in [2.45, 2.75) is 64.7 Å². The molecule has 0 saturated heterocycles. The number of likely N-dealkylation sites (N-methyl/N-ethyl adjacent to an activating group) is 1. The maximum Gasteiger partial charge on any atom is 0.401 e. The third-order valence-corrected chi connectivity index (χ3v) is 4.22. The first-order valence-electron chi connectivity index (χ1n) is 7.19. The first-order valence-corrected chi connectivity index (χ1v) is 7.19.